The molecule has 0 aliphatic carbocycles. The minimum atomic E-state index is 0.176. The van der Waals surface area contributed by atoms with Crippen molar-refractivity contribution in [1.82, 2.24) is 4.98 Å². The fourth-order valence-corrected chi connectivity index (χ4v) is 2.07. The van der Waals surface area contributed by atoms with Gasteiger partial charge in [-0.2, -0.15) is 0 Å². The summed E-state index contributed by atoms with van der Waals surface area (Å²) < 4.78 is 0. The third kappa shape index (κ3) is 1.92. The van der Waals surface area contributed by atoms with E-state index in [1.165, 1.54) is 10.9 Å². The van der Waals surface area contributed by atoms with Crippen LogP contribution in [-0.4, -0.2) is 4.98 Å². The van der Waals surface area contributed by atoms with Gasteiger partial charge in [0.25, 0.3) is 0 Å². The lowest BCUT2D eigenvalue weighted by Gasteiger charge is -2.24. The van der Waals surface area contributed by atoms with Gasteiger partial charge >= 0.3 is 0 Å². The van der Waals surface area contributed by atoms with E-state index in [4.69, 9.17) is 11.6 Å². The Bertz CT molecular complexity index is 517. The zero-order chi connectivity index (χ0) is 11.8. The lowest BCUT2D eigenvalue weighted by Crippen LogP contribution is -2.16. The van der Waals surface area contributed by atoms with Gasteiger partial charge in [-0.05, 0) is 35.6 Å². The van der Waals surface area contributed by atoms with Crippen LogP contribution in [0.2, 0.25) is 5.02 Å². The molecule has 1 aromatic heterocycles. The fraction of sp³-hybridized carbons (Fsp3) is 0.357. The van der Waals surface area contributed by atoms with Crippen LogP contribution in [-0.2, 0) is 5.41 Å². The number of nitrogens with zero attached hydrogens (tertiary/aromatic N) is 1. The lowest BCUT2D eigenvalue weighted by atomic mass is 9.81. The van der Waals surface area contributed by atoms with Gasteiger partial charge in [-0.1, -0.05) is 38.4 Å². The molecule has 0 bridgehead atoms. The van der Waals surface area contributed by atoms with E-state index in [9.17, 15) is 0 Å². The van der Waals surface area contributed by atoms with E-state index in [0.717, 1.165) is 17.0 Å². The van der Waals surface area contributed by atoms with Gasteiger partial charge < -0.3 is 0 Å². The monoisotopic (exact) mass is 233 g/mol. The second-order valence-corrected chi connectivity index (χ2v) is 5.19. The molecule has 2 rings (SSSR count). The lowest BCUT2D eigenvalue weighted by molar-refractivity contribution is 0.510. The van der Waals surface area contributed by atoms with Crippen molar-refractivity contribution < 1.29 is 0 Å². The molecule has 0 amide bonds. The molecule has 0 unspecified atom stereocenters. The Morgan fingerprint density at radius 1 is 1.25 bits per heavy atom. The third-order valence-corrected chi connectivity index (χ3v) is 3.55. The molecule has 16 heavy (non-hydrogen) atoms. The third-order valence-electron chi connectivity index (χ3n) is 3.32. The molecule has 1 heterocycles. The molecule has 0 atom stereocenters. The van der Waals surface area contributed by atoms with Crippen molar-refractivity contribution in [3.63, 3.8) is 0 Å². The zero-order valence-electron chi connectivity index (χ0n) is 9.92. The van der Waals surface area contributed by atoms with E-state index in [1.807, 2.05) is 18.3 Å². The first-order chi connectivity index (χ1) is 7.54. The summed E-state index contributed by atoms with van der Waals surface area (Å²) in [5.74, 6) is 0. The van der Waals surface area contributed by atoms with Crippen LogP contribution in [0.1, 0.15) is 32.8 Å². The predicted molar refractivity (Wildman–Crippen MR) is 70.1 cm³/mol. The van der Waals surface area contributed by atoms with Crippen LogP contribution in [0.15, 0.2) is 30.5 Å². The molecule has 2 heteroatoms. The molecule has 0 aliphatic heterocycles. The van der Waals surface area contributed by atoms with Crippen molar-refractivity contribution in [3.05, 3.63) is 41.0 Å². The number of rotatable bonds is 2. The summed E-state index contributed by atoms with van der Waals surface area (Å²) in [7, 11) is 0. The average Bonchev–Trinajstić information content (AvgIpc) is 2.27. The summed E-state index contributed by atoms with van der Waals surface area (Å²) in [6, 6.07) is 8.03. The van der Waals surface area contributed by atoms with E-state index >= 15 is 0 Å². The Morgan fingerprint density at radius 3 is 2.69 bits per heavy atom. The smallest absolute Gasteiger partial charge is 0.0719 e. The van der Waals surface area contributed by atoms with E-state index in [-0.39, 0.29) is 5.41 Å². The second-order valence-electron chi connectivity index (χ2n) is 4.76. The molecule has 0 aliphatic rings. The highest BCUT2D eigenvalue weighted by Gasteiger charge is 2.20. The van der Waals surface area contributed by atoms with Gasteiger partial charge in [-0.15, -0.1) is 0 Å². The van der Waals surface area contributed by atoms with Gasteiger partial charge in [0.2, 0.25) is 0 Å². The molecule has 0 saturated heterocycles. The van der Waals surface area contributed by atoms with Crippen LogP contribution in [0.5, 0.6) is 0 Å². The van der Waals surface area contributed by atoms with Crippen LogP contribution in [0.4, 0.5) is 0 Å². The molecule has 0 saturated carbocycles. The number of hydrogen-bond donors (Lipinski definition) is 0. The van der Waals surface area contributed by atoms with Gasteiger partial charge in [-0.25, -0.2) is 0 Å². The quantitative estimate of drug-likeness (QED) is 0.740. The number of fused-ring (bicyclic) bond motifs is 1. The maximum Gasteiger partial charge on any atom is 0.0719 e. The van der Waals surface area contributed by atoms with E-state index in [2.05, 4.69) is 37.9 Å². The van der Waals surface area contributed by atoms with Crippen molar-refractivity contribution in [1.29, 1.82) is 0 Å². The van der Waals surface area contributed by atoms with Crippen molar-refractivity contribution in [2.75, 3.05) is 0 Å². The average molecular weight is 234 g/mol. The number of aromatic nitrogens is 1. The van der Waals surface area contributed by atoms with Gasteiger partial charge in [0.05, 0.1) is 5.52 Å². The molecule has 84 valence electrons. The summed E-state index contributed by atoms with van der Waals surface area (Å²) >= 11 is 5.98. The van der Waals surface area contributed by atoms with Gasteiger partial charge in [0.1, 0.15) is 0 Å². The van der Waals surface area contributed by atoms with Crippen molar-refractivity contribution in [2.45, 2.75) is 32.6 Å². The highest BCUT2D eigenvalue weighted by atomic mass is 35.5. The van der Waals surface area contributed by atoms with Crippen LogP contribution < -0.4 is 0 Å². The van der Waals surface area contributed by atoms with Crippen molar-refractivity contribution >= 4 is 22.5 Å². The molecular weight excluding hydrogens is 218 g/mol. The van der Waals surface area contributed by atoms with Crippen molar-refractivity contribution in [3.8, 4) is 0 Å². The maximum atomic E-state index is 5.98. The van der Waals surface area contributed by atoms with Gasteiger partial charge in [-0.3, -0.25) is 4.98 Å². The van der Waals surface area contributed by atoms with E-state index in [1.54, 1.807) is 0 Å². The summed E-state index contributed by atoms with van der Waals surface area (Å²) in [5, 5.41) is 1.95. The number of hydrogen-bond acceptors (Lipinski definition) is 1. The van der Waals surface area contributed by atoms with Gasteiger partial charge in [0.15, 0.2) is 0 Å². The Labute approximate surface area is 101 Å². The first-order valence-corrected chi connectivity index (χ1v) is 5.97. The summed E-state index contributed by atoms with van der Waals surface area (Å²) in [6.07, 6.45) is 2.97. The molecule has 0 N–H and O–H groups in total. The normalized spacial score (nSPS) is 12.0. The number of benzene rings is 1. The Hall–Kier alpha value is -1.08. The molecule has 1 nitrogen and oxygen atoms in total. The molecule has 2 aromatic rings. The highest BCUT2D eigenvalue weighted by molar-refractivity contribution is 6.31. The number of pyridine rings is 1. The molecule has 1 aromatic carbocycles. The predicted octanol–water partition coefficient (Wildman–Crippen LogP) is 4.58. The van der Waals surface area contributed by atoms with E-state index in [0.29, 0.717) is 0 Å². The van der Waals surface area contributed by atoms with Crippen LogP contribution in [0, 0.1) is 0 Å². The zero-order valence-corrected chi connectivity index (χ0v) is 10.7. The Kier molecular flexibility index (Phi) is 2.90. The fourth-order valence-electron chi connectivity index (χ4n) is 1.90. The molecule has 0 spiro atoms. The molecular formula is C14H16ClN. The SMILES string of the molecule is CCC(C)(C)c1ccnc2cc(Cl)ccc12. The van der Waals surface area contributed by atoms with Crippen LogP contribution in [0.3, 0.4) is 0 Å². The topological polar surface area (TPSA) is 12.9 Å². The largest absolute Gasteiger partial charge is 0.256 e. The Balaban J connectivity index is 2.72. The second kappa shape index (κ2) is 4.06. The van der Waals surface area contributed by atoms with E-state index < -0.39 is 0 Å². The number of halogens is 1. The maximum absolute atomic E-state index is 5.98. The molecule has 0 fully saturated rings. The molecule has 0 radical (unpaired) electrons. The van der Waals surface area contributed by atoms with Crippen molar-refractivity contribution in [2.24, 2.45) is 0 Å². The Morgan fingerprint density at radius 2 is 2.00 bits per heavy atom. The van der Waals surface area contributed by atoms with Gasteiger partial charge in [0, 0.05) is 16.6 Å². The van der Waals surface area contributed by atoms with Crippen LogP contribution >= 0.6 is 11.6 Å². The minimum absolute atomic E-state index is 0.176. The minimum Gasteiger partial charge on any atom is -0.256 e. The first kappa shape index (κ1) is 11.4. The summed E-state index contributed by atoms with van der Waals surface area (Å²) in [4.78, 5) is 4.37. The first-order valence-electron chi connectivity index (χ1n) is 5.59. The summed E-state index contributed by atoms with van der Waals surface area (Å²) in [6.45, 7) is 6.73. The standard InChI is InChI=1S/C14H16ClN/c1-4-14(2,3)12-7-8-16-13-9-10(15)5-6-11(12)13/h5-9H,4H2,1-3H3. The highest BCUT2D eigenvalue weighted by Crippen LogP contribution is 2.32. The summed E-state index contributed by atoms with van der Waals surface area (Å²) in [5.41, 5.74) is 2.50. The van der Waals surface area contributed by atoms with Crippen LogP contribution in [0.25, 0.3) is 10.9 Å².